The molecule has 8 atom stereocenters. The Morgan fingerprint density at radius 3 is 1.34 bits per heavy atom. The third-order valence-corrected chi connectivity index (χ3v) is 8.10. The van der Waals surface area contributed by atoms with Crippen LogP contribution in [-0.4, -0.2) is 33.6 Å². The number of hydrogen-bond acceptors (Lipinski definition) is 6. The van der Waals surface area contributed by atoms with Gasteiger partial charge in [-0.2, -0.15) is 0 Å². The van der Waals surface area contributed by atoms with Crippen molar-refractivity contribution in [1.82, 2.24) is 9.97 Å². The van der Waals surface area contributed by atoms with Crippen LogP contribution in [0.25, 0.3) is 0 Å². The summed E-state index contributed by atoms with van der Waals surface area (Å²) in [5.41, 5.74) is 0. The number of nitrogens with zero attached hydrogens (tertiary/aromatic N) is 4. The molecular weight excluding hydrogens is 408 g/mol. The molecule has 158 valence electrons. The molecule has 4 fully saturated rings. The topological polar surface area (TPSA) is 101 Å². The van der Waals surface area contributed by atoms with Crippen LogP contribution in [0.3, 0.4) is 0 Å². The first-order valence-corrected chi connectivity index (χ1v) is 10.9. The van der Waals surface area contributed by atoms with E-state index in [2.05, 4.69) is 9.97 Å². The molecule has 32 heavy (non-hydrogen) atoms. The first kappa shape index (κ1) is 17.9. The van der Waals surface area contributed by atoms with Gasteiger partial charge in [0, 0.05) is 12.4 Å². The maximum absolute atomic E-state index is 13.4. The number of fused-ring (bicyclic) bond motifs is 1. The summed E-state index contributed by atoms with van der Waals surface area (Å²) in [7, 11) is 0. The fourth-order valence-corrected chi connectivity index (χ4v) is 7.02. The van der Waals surface area contributed by atoms with Crippen LogP contribution < -0.4 is 9.80 Å². The molecule has 2 aliphatic heterocycles. The Morgan fingerprint density at radius 2 is 0.969 bits per heavy atom. The van der Waals surface area contributed by atoms with Crippen molar-refractivity contribution in [1.29, 1.82) is 0 Å². The maximum Gasteiger partial charge on any atom is 0.239 e. The Bertz CT molecular complexity index is 1170. The highest BCUT2D eigenvalue weighted by Gasteiger charge is 2.75. The third-order valence-electron chi connectivity index (χ3n) is 8.10. The van der Waals surface area contributed by atoms with Crippen LogP contribution in [0.4, 0.5) is 11.6 Å². The van der Waals surface area contributed by atoms with Crippen molar-refractivity contribution in [3.63, 3.8) is 0 Å². The highest BCUT2D eigenvalue weighted by atomic mass is 16.2. The highest BCUT2D eigenvalue weighted by Crippen LogP contribution is 2.68. The molecule has 4 amide bonds. The number of aromatic nitrogens is 2. The lowest BCUT2D eigenvalue weighted by Gasteiger charge is -2.60. The number of rotatable bonds is 2. The largest absolute Gasteiger partial charge is 0.274 e. The third kappa shape index (κ3) is 1.94. The predicted molar refractivity (Wildman–Crippen MR) is 111 cm³/mol. The Hall–Kier alpha value is -3.68. The summed E-state index contributed by atoms with van der Waals surface area (Å²) in [6, 6.07) is 10.3. The van der Waals surface area contributed by atoms with Gasteiger partial charge in [-0.15, -0.1) is 0 Å². The second-order valence-corrected chi connectivity index (χ2v) is 9.20. The quantitative estimate of drug-likeness (QED) is 0.532. The van der Waals surface area contributed by atoms with Crippen LogP contribution in [0, 0.1) is 47.3 Å². The number of anilines is 2. The number of pyridine rings is 2. The first-order chi connectivity index (χ1) is 15.6. The molecule has 0 N–H and O–H groups in total. The minimum absolute atomic E-state index is 0.109. The van der Waals surface area contributed by atoms with E-state index in [4.69, 9.17) is 0 Å². The van der Waals surface area contributed by atoms with Gasteiger partial charge in [0.1, 0.15) is 11.6 Å². The lowest BCUT2D eigenvalue weighted by Crippen LogP contribution is -2.63. The normalized spacial score (nSPS) is 38.6. The van der Waals surface area contributed by atoms with Crippen LogP contribution in [0.5, 0.6) is 0 Å². The molecule has 2 saturated carbocycles. The zero-order valence-corrected chi connectivity index (χ0v) is 16.8. The predicted octanol–water partition coefficient (Wildman–Crippen LogP) is 1.45. The molecule has 4 aliphatic carbocycles. The number of hydrogen-bond donors (Lipinski definition) is 0. The van der Waals surface area contributed by atoms with Gasteiger partial charge in [0.25, 0.3) is 0 Å². The summed E-state index contributed by atoms with van der Waals surface area (Å²) >= 11 is 0. The SMILES string of the molecule is O=C1[C@@H]2[C@H]3C=C[C@@H]([C@@H]2C(=O)N1c1ccccn1)[C@@H]1[C@@H]2C(=O)N(c4ccccn4)C(=O)[C@@H]2[C@H]31. The molecule has 2 aromatic heterocycles. The van der Waals surface area contributed by atoms with Crippen LogP contribution in [-0.2, 0) is 19.2 Å². The Labute approximate surface area is 182 Å². The average molecular weight is 426 g/mol. The van der Waals surface area contributed by atoms with E-state index in [1.807, 2.05) is 12.2 Å². The molecule has 0 aromatic carbocycles. The summed E-state index contributed by atoms with van der Waals surface area (Å²) in [6.45, 7) is 0. The van der Waals surface area contributed by atoms with Gasteiger partial charge in [0.2, 0.25) is 23.6 Å². The molecule has 8 nitrogen and oxygen atoms in total. The van der Waals surface area contributed by atoms with E-state index < -0.39 is 23.7 Å². The van der Waals surface area contributed by atoms with Crippen LogP contribution in [0.2, 0.25) is 0 Å². The lowest BCUT2D eigenvalue weighted by atomic mass is 9.40. The van der Waals surface area contributed by atoms with E-state index in [0.29, 0.717) is 11.6 Å². The van der Waals surface area contributed by atoms with E-state index in [9.17, 15) is 19.2 Å². The molecule has 4 heterocycles. The second kappa shape index (κ2) is 5.97. The summed E-state index contributed by atoms with van der Waals surface area (Å²) < 4.78 is 0. The standard InChI is InChI=1S/C24H18N4O4/c29-21-17-11-7-8-12(18(17)22(30)27(21)13-5-1-3-9-25-13)16-15(11)19-20(16)24(32)28(23(19)31)14-6-2-4-10-26-14/h1-12,15-20H/t11-,12+,15+,16-,17+,18-,19+,20-. The Kier molecular flexibility index (Phi) is 3.35. The van der Waals surface area contributed by atoms with Crippen molar-refractivity contribution < 1.29 is 19.2 Å². The van der Waals surface area contributed by atoms with Crippen LogP contribution >= 0.6 is 0 Å². The maximum atomic E-state index is 13.4. The number of carbonyl (C=O) groups is 4. The number of carbonyl (C=O) groups excluding carboxylic acids is 4. The zero-order valence-electron chi connectivity index (χ0n) is 16.8. The van der Waals surface area contributed by atoms with Gasteiger partial charge < -0.3 is 0 Å². The van der Waals surface area contributed by atoms with Crippen LogP contribution in [0.15, 0.2) is 60.9 Å². The van der Waals surface area contributed by atoms with Gasteiger partial charge in [-0.25, -0.2) is 19.8 Å². The monoisotopic (exact) mass is 426 g/mol. The zero-order chi connectivity index (χ0) is 21.7. The summed E-state index contributed by atoms with van der Waals surface area (Å²) in [4.78, 5) is 64.2. The van der Waals surface area contributed by atoms with E-state index >= 15 is 0 Å². The first-order valence-electron chi connectivity index (χ1n) is 10.9. The molecule has 2 bridgehead atoms. The summed E-state index contributed by atoms with van der Waals surface area (Å²) in [6.07, 6.45) is 7.11. The van der Waals surface area contributed by atoms with Gasteiger partial charge >= 0.3 is 0 Å². The number of amides is 4. The van der Waals surface area contributed by atoms with Crippen molar-refractivity contribution in [3.8, 4) is 0 Å². The lowest BCUT2D eigenvalue weighted by molar-refractivity contribution is -0.166. The molecule has 0 radical (unpaired) electrons. The van der Waals surface area contributed by atoms with E-state index in [0.717, 1.165) is 0 Å². The van der Waals surface area contributed by atoms with Crippen molar-refractivity contribution >= 4 is 35.3 Å². The highest BCUT2D eigenvalue weighted by molar-refractivity contribution is 6.24. The summed E-state index contributed by atoms with van der Waals surface area (Å²) in [5.74, 6) is -2.93. The van der Waals surface area contributed by atoms with Gasteiger partial charge in [-0.1, -0.05) is 24.3 Å². The molecule has 8 heteroatoms. The average Bonchev–Trinajstić information content (AvgIpc) is 3.19. The fourth-order valence-electron chi connectivity index (χ4n) is 7.02. The van der Waals surface area contributed by atoms with Gasteiger partial charge in [-0.05, 0) is 47.9 Å². The second-order valence-electron chi connectivity index (χ2n) is 9.20. The fraction of sp³-hybridized carbons (Fsp3) is 0.333. The Balaban J connectivity index is 1.27. The van der Waals surface area contributed by atoms with Gasteiger partial charge in [0.05, 0.1) is 23.7 Å². The Morgan fingerprint density at radius 1 is 0.562 bits per heavy atom. The smallest absolute Gasteiger partial charge is 0.239 e. The molecule has 2 aromatic rings. The van der Waals surface area contributed by atoms with E-state index in [1.165, 1.54) is 9.80 Å². The van der Waals surface area contributed by atoms with Gasteiger partial charge in [0.15, 0.2) is 0 Å². The van der Waals surface area contributed by atoms with Gasteiger partial charge in [-0.3, -0.25) is 19.2 Å². The van der Waals surface area contributed by atoms with E-state index in [1.54, 1.807) is 48.8 Å². The molecular formula is C24H18N4O4. The number of imide groups is 2. The molecule has 6 aliphatic rings. The summed E-state index contributed by atoms with van der Waals surface area (Å²) in [5, 5.41) is 0. The van der Waals surface area contributed by atoms with E-state index in [-0.39, 0.29) is 47.3 Å². The van der Waals surface area contributed by atoms with Crippen molar-refractivity contribution in [3.05, 3.63) is 60.9 Å². The van der Waals surface area contributed by atoms with Crippen molar-refractivity contribution in [2.24, 2.45) is 47.3 Å². The molecule has 8 rings (SSSR count). The molecule has 0 spiro atoms. The minimum atomic E-state index is -0.506. The number of allylic oxidation sites excluding steroid dienone is 2. The van der Waals surface area contributed by atoms with Crippen molar-refractivity contribution in [2.75, 3.05) is 9.80 Å². The van der Waals surface area contributed by atoms with Crippen LogP contribution in [0.1, 0.15) is 0 Å². The molecule has 2 saturated heterocycles. The minimum Gasteiger partial charge on any atom is -0.274 e. The van der Waals surface area contributed by atoms with Crippen molar-refractivity contribution in [2.45, 2.75) is 0 Å². The molecule has 0 unspecified atom stereocenters.